The van der Waals surface area contributed by atoms with E-state index in [2.05, 4.69) is 0 Å². The van der Waals surface area contributed by atoms with Crippen LogP contribution in [0.15, 0.2) is 18.2 Å². The Bertz CT molecular complexity index is 774. The fourth-order valence-corrected chi connectivity index (χ4v) is 3.71. The predicted octanol–water partition coefficient (Wildman–Crippen LogP) is 1.50. The summed E-state index contributed by atoms with van der Waals surface area (Å²) >= 11 is 0. The van der Waals surface area contributed by atoms with Gasteiger partial charge < -0.3 is 19.1 Å². The van der Waals surface area contributed by atoms with Gasteiger partial charge in [0.1, 0.15) is 0 Å². The standard InChI is InChI=1S/C18H25NO7S/c1-23-15-6-5-13(10-16(15)26-18-4-3-8-24-18)14-11-17(20)19(12-14)7-9-25-27(2,21)22/h5-6,10,14,18H,3-4,7-9,11-12H2,1-2H3. The van der Waals surface area contributed by atoms with Crippen molar-refractivity contribution in [2.24, 2.45) is 0 Å². The van der Waals surface area contributed by atoms with Crippen LogP contribution >= 0.6 is 0 Å². The highest BCUT2D eigenvalue weighted by Crippen LogP contribution is 2.36. The number of hydrogen-bond acceptors (Lipinski definition) is 7. The quantitative estimate of drug-likeness (QED) is 0.612. The summed E-state index contributed by atoms with van der Waals surface area (Å²) in [4.78, 5) is 13.9. The van der Waals surface area contributed by atoms with Gasteiger partial charge in [-0.05, 0) is 24.1 Å². The molecular weight excluding hydrogens is 374 g/mol. The van der Waals surface area contributed by atoms with Gasteiger partial charge >= 0.3 is 0 Å². The number of ether oxygens (including phenoxy) is 3. The van der Waals surface area contributed by atoms with Crippen LogP contribution in [0.1, 0.15) is 30.7 Å². The van der Waals surface area contributed by atoms with Gasteiger partial charge in [-0.1, -0.05) is 6.07 Å². The Morgan fingerprint density at radius 3 is 2.78 bits per heavy atom. The smallest absolute Gasteiger partial charge is 0.264 e. The summed E-state index contributed by atoms with van der Waals surface area (Å²) in [7, 11) is -1.92. The van der Waals surface area contributed by atoms with Crippen LogP contribution in [0.25, 0.3) is 0 Å². The largest absolute Gasteiger partial charge is 0.493 e. The van der Waals surface area contributed by atoms with Crippen LogP contribution in [-0.4, -0.2) is 65.2 Å². The molecule has 8 nitrogen and oxygen atoms in total. The van der Waals surface area contributed by atoms with Crippen LogP contribution in [0.2, 0.25) is 0 Å². The molecule has 0 saturated carbocycles. The molecule has 150 valence electrons. The Balaban J connectivity index is 1.66. The second kappa shape index (κ2) is 8.45. The first-order valence-electron chi connectivity index (χ1n) is 8.94. The minimum atomic E-state index is -3.50. The molecule has 2 saturated heterocycles. The number of amides is 1. The van der Waals surface area contributed by atoms with Crippen LogP contribution in [-0.2, 0) is 23.8 Å². The molecule has 1 amide bonds. The van der Waals surface area contributed by atoms with E-state index in [4.69, 9.17) is 18.4 Å². The van der Waals surface area contributed by atoms with E-state index in [1.807, 2.05) is 18.2 Å². The van der Waals surface area contributed by atoms with Crippen LogP contribution in [0, 0.1) is 0 Å². The molecule has 27 heavy (non-hydrogen) atoms. The van der Waals surface area contributed by atoms with E-state index < -0.39 is 10.1 Å². The molecule has 2 fully saturated rings. The highest BCUT2D eigenvalue weighted by molar-refractivity contribution is 7.85. The van der Waals surface area contributed by atoms with E-state index in [1.54, 1.807) is 12.0 Å². The van der Waals surface area contributed by atoms with Crippen molar-refractivity contribution in [3.8, 4) is 11.5 Å². The first-order chi connectivity index (χ1) is 12.9. The van der Waals surface area contributed by atoms with Gasteiger partial charge in [0.05, 0.1) is 26.6 Å². The molecule has 9 heteroatoms. The number of likely N-dealkylation sites (tertiary alicyclic amines) is 1. The molecule has 2 heterocycles. The Morgan fingerprint density at radius 2 is 2.11 bits per heavy atom. The van der Waals surface area contributed by atoms with Crippen molar-refractivity contribution >= 4 is 16.0 Å². The topological polar surface area (TPSA) is 91.4 Å². The van der Waals surface area contributed by atoms with Crippen LogP contribution in [0.3, 0.4) is 0 Å². The van der Waals surface area contributed by atoms with Crippen molar-refractivity contribution in [1.29, 1.82) is 0 Å². The molecule has 0 aromatic heterocycles. The summed E-state index contributed by atoms with van der Waals surface area (Å²) < 4.78 is 43.6. The third kappa shape index (κ3) is 5.33. The Kier molecular flexibility index (Phi) is 6.23. The van der Waals surface area contributed by atoms with E-state index in [-0.39, 0.29) is 31.3 Å². The molecule has 0 bridgehead atoms. The van der Waals surface area contributed by atoms with E-state index >= 15 is 0 Å². The van der Waals surface area contributed by atoms with Crippen LogP contribution < -0.4 is 9.47 Å². The van der Waals surface area contributed by atoms with Crippen molar-refractivity contribution in [3.05, 3.63) is 23.8 Å². The maximum Gasteiger partial charge on any atom is 0.264 e. The van der Waals surface area contributed by atoms with Crippen molar-refractivity contribution in [1.82, 2.24) is 4.90 Å². The lowest BCUT2D eigenvalue weighted by Gasteiger charge is -2.19. The lowest BCUT2D eigenvalue weighted by molar-refractivity contribution is -0.128. The second-order valence-electron chi connectivity index (χ2n) is 6.74. The second-order valence-corrected chi connectivity index (χ2v) is 8.38. The lowest BCUT2D eigenvalue weighted by Crippen LogP contribution is -2.29. The highest BCUT2D eigenvalue weighted by Gasteiger charge is 2.31. The predicted molar refractivity (Wildman–Crippen MR) is 97.3 cm³/mol. The number of rotatable bonds is 8. The fourth-order valence-electron chi connectivity index (χ4n) is 3.33. The minimum absolute atomic E-state index is 0.00786. The van der Waals surface area contributed by atoms with Gasteiger partial charge in [-0.15, -0.1) is 0 Å². The van der Waals surface area contributed by atoms with Gasteiger partial charge in [0.25, 0.3) is 10.1 Å². The van der Waals surface area contributed by atoms with Crippen LogP contribution in [0.4, 0.5) is 0 Å². The first kappa shape index (κ1) is 19.9. The van der Waals surface area contributed by atoms with Gasteiger partial charge in [-0.25, -0.2) is 0 Å². The minimum Gasteiger partial charge on any atom is -0.493 e. The zero-order valence-corrected chi connectivity index (χ0v) is 16.4. The third-order valence-electron chi connectivity index (χ3n) is 4.68. The molecule has 2 atom stereocenters. The third-order valence-corrected chi connectivity index (χ3v) is 5.27. The van der Waals surface area contributed by atoms with Gasteiger partial charge in [0.2, 0.25) is 5.91 Å². The molecule has 2 aliphatic heterocycles. The number of benzene rings is 1. The molecular formula is C18H25NO7S. The lowest BCUT2D eigenvalue weighted by atomic mass is 9.98. The highest BCUT2D eigenvalue weighted by atomic mass is 32.2. The summed E-state index contributed by atoms with van der Waals surface area (Å²) in [6.45, 7) is 1.41. The van der Waals surface area contributed by atoms with E-state index in [0.29, 0.717) is 31.1 Å². The number of methoxy groups -OCH3 is 1. The van der Waals surface area contributed by atoms with Gasteiger partial charge in [-0.2, -0.15) is 8.42 Å². The zero-order valence-electron chi connectivity index (χ0n) is 15.5. The summed E-state index contributed by atoms with van der Waals surface area (Å²) in [5, 5.41) is 0. The molecule has 2 unspecified atom stereocenters. The normalized spacial score (nSPS) is 23.0. The monoisotopic (exact) mass is 399 g/mol. The fraction of sp³-hybridized carbons (Fsp3) is 0.611. The molecule has 0 N–H and O–H groups in total. The Hall–Kier alpha value is -1.84. The maximum atomic E-state index is 12.2. The molecule has 0 spiro atoms. The molecule has 3 rings (SSSR count). The zero-order chi connectivity index (χ0) is 19.4. The summed E-state index contributed by atoms with van der Waals surface area (Å²) in [6.07, 6.45) is 2.89. The SMILES string of the molecule is COc1ccc(C2CC(=O)N(CCOS(C)(=O)=O)C2)cc1OC1CCCO1. The van der Waals surface area contributed by atoms with Gasteiger partial charge in [-0.3, -0.25) is 8.98 Å². The van der Waals surface area contributed by atoms with Gasteiger partial charge in [0.15, 0.2) is 17.8 Å². The van der Waals surface area contributed by atoms with Crippen LogP contribution in [0.5, 0.6) is 11.5 Å². The number of hydrogen-bond donors (Lipinski definition) is 0. The average molecular weight is 399 g/mol. The van der Waals surface area contributed by atoms with Crippen molar-refractivity contribution < 1.29 is 31.6 Å². The van der Waals surface area contributed by atoms with E-state index in [1.165, 1.54) is 0 Å². The molecule has 0 radical (unpaired) electrons. The number of nitrogens with zero attached hydrogens (tertiary/aromatic N) is 1. The van der Waals surface area contributed by atoms with E-state index in [0.717, 1.165) is 24.7 Å². The molecule has 1 aromatic carbocycles. The summed E-state index contributed by atoms with van der Waals surface area (Å²) in [6, 6.07) is 5.66. The van der Waals surface area contributed by atoms with E-state index in [9.17, 15) is 13.2 Å². The Labute approximate surface area is 159 Å². The molecule has 0 aliphatic carbocycles. The Morgan fingerprint density at radius 1 is 1.30 bits per heavy atom. The number of carbonyl (C=O) groups excluding carboxylic acids is 1. The van der Waals surface area contributed by atoms with Crippen molar-refractivity contribution in [2.45, 2.75) is 31.5 Å². The molecule has 1 aromatic rings. The average Bonchev–Trinajstić information content (AvgIpc) is 3.24. The first-order valence-corrected chi connectivity index (χ1v) is 10.8. The molecule has 2 aliphatic rings. The number of carbonyl (C=O) groups is 1. The summed E-state index contributed by atoms with van der Waals surface area (Å²) in [5.74, 6) is 1.22. The summed E-state index contributed by atoms with van der Waals surface area (Å²) in [5.41, 5.74) is 0.976. The van der Waals surface area contributed by atoms with Crippen molar-refractivity contribution in [3.63, 3.8) is 0 Å². The van der Waals surface area contributed by atoms with Crippen molar-refractivity contribution in [2.75, 3.05) is 39.7 Å². The van der Waals surface area contributed by atoms with Gasteiger partial charge in [0, 0.05) is 31.8 Å². The maximum absolute atomic E-state index is 12.2.